The van der Waals surface area contributed by atoms with Gasteiger partial charge in [-0.15, -0.1) is 0 Å². The molecule has 0 spiro atoms. The largest absolute Gasteiger partial charge is 0.459 e. The van der Waals surface area contributed by atoms with E-state index in [1.165, 1.54) is 0 Å². The van der Waals surface area contributed by atoms with Crippen molar-refractivity contribution < 1.29 is 14.0 Å². The van der Waals surface area contributed by atoms with Gasteiger partial charge in [-0.05, 0) is 32.0 Å². The van der Waals surface area contributed by atoms with E-state index in [0.717, 1.165) is 5.57 Å². The molecule has 0 N–H and O–H groups in total. The summed E-state index contributed by atoms with van der Waals surface area (Å²) >= 11 is 0. The Labute approximate surface area is 124 Å². The molecule has 3 atom stereocenters. The summed E-state index contributed by atoms with van der Waals surface area (Å²) in [5, 5.41) is 0.163. The molecule has 3 nitrogen and oxygen atoms in total. The third-order valence-electron chi connectivity index (χ3n) is 5.45. The molecular weight excluding hydrogens is 268 g/mol. The van der Waals surface area contributed by atoms with Gasteiger partial charge < -0.3 is 9.16 Å². The molecule has 1 fully saturated rings. The molecule has 1 aliphatic rings. The minimum atomic E-state index is -1.81. The van der Waals surface area contributed by atoms with Crippen molar-refractivity contribution in [3.05, 3.63) is 12.2 Å². The van der Waals surface area contributed by atoms with Crippen LogP contribution >= 0.6 is 0 Å². The van der Waals surface area contributed by atoms with Crippen molar-refractivity contribution >= 4 is 14.3 Å². The lowest BCUT2D eigenvalue weighted by Gasteiger charge is -2.37. The fourth-order valence-electron chi connectivity index (χ4n) is 2.17. The summed E-state index contributed by atoms with van der Waals surface area (Å²) in [6.45, 7) is 21.4. The van der Waals surface area contributed by atoms with Gasteiger partial charge in [-0.1, -0.05) is 39.8 Å². The van der Waals surface area contributed by atoms with Gasteiger partial charge in [0.1, 0.15) is 6.10 Å². The van der Waals surface area contributed by atoms with Crippen molar-refractivity contribution in [2.45, 2.75) is 65.8 Å². The van der Waals surface area contributed by atoms with Crippen LogP contribution in [-0.4, -0.2) is 27.0 Å². The molecule has 1 heterocycles. The summed E-state index contributed by atoms with van der Waals surface area (Å²) in [5.41, 5.74) is 0.284. The van der Waals surface area contributed by atoms with Gasteiger partial charge in [-0.2, -0.15) is 0 Å². The zero-order chi connectivity index (χ0) is 15.9. The highest BCUT2D eigenvalue weighted by Gasteiger charge is 2.53. The lowest BCUT2D eigenvalue weighted by Crippen LogP contribution is -2.43. The van der Waals surface area contributed by atoms with Gasteiger partial charge in [0.25, 0.3) is 0 Å². The van der Waals surface area contributed by atoms with Crippen LogP contribution in [0.3, 0.4) is 0 Å². The molecule has 1 saturated heterocycles. The van der Waals surface area contributed by atoms with Gasteiger partial charge in [0.05, 0.1) is 12.0 Å². The second-order valence-electron chi connectivity index (χ2n) is 7.79. The first-order valence-corrected chi connectivity index (χ1v) is 10.3. The van der Waals surface area contributed by atoms with Gasteiger partial charge in [-0.25, -0.2) is 0 Å². The number of esters is 1. The first-order valence-electron chi connectivity index (χ1n) is 7.35. The molecule has 20 heavy (non-hydrogen) atoms. The Balaban J connectivity index is 2.78. The minimum absolute atomic E-state index is 0.0947. The third-order valence-corrected chi connectivity index (χ3v) is 9.95. The molecule has 116 valence electrons. The molecule has 4 heteroatoms. The number of carbonyl (C=O) groups is 1. The van der Waals surface area contributed by atoms with Crippen molar-refractivity contribution in [2.24, 2.45) is 11.3 Å². The monoisotopic (exact) mass is 298 g/mol. The third kappa shape index (κ3) is 2.86. The Morgan fingerprint density at radius 2 is 1.95 bits per heavy atom. The van der Waals surface area contributed by atoms with Crippen molar-refractivity contribution in [1.82, 2.24) is 0 Å². The van der Waals surface area contributed by atoms with E-state index >= 15 is 0 Å². The molecule has 1 rings (SSSR count). The van der Waals surface area contributed by atoms with E-state index in [2.05, 4.69) is 47.4 Å². The number of cyclic esters (lactones) is 1. The fraction of sp³-hybridized carbons (Fsp3) is 0.812. The van der Waals surface area contributed by atoms with E-state index in [1.807, 2.05) is 13.8 Å². The summed E-state index contributed by atoms with van der Waals surface area (Å²) in [7, 11) is -1.81. The highest BCUT2D eigenvalue weighted by atomic mass is 28.4. The van der Waals surface area contributed by atoms with Crippen LogP contribution in [0.4, 0.5) is 0 Å². The van der Waals surface area contributed by atoms with E-state index < -0.39 is 13.7 Å². The van der Waals surface area contributed by atoms with Crippen molar-refractivity contribution in [2.75, 3.05) is 6.61 Å². The van der Waals surface area contributed by atoms with E-state index in [4.69, 9.17) is 9.16 Å². The van der Waals surface area contributed by atoms with Crippen LogP contribution in [0.5, 0.6) is 0 Å². The average Bonchev–Trinajstić information content (AvgIpc) is 2.50. The topological polar surface area (TPSA) is 35.5 Å². The standard InChI is InChI=1S/C16H30O3Si/c1-11(2)16(7)12(3)13(19-14(16)17)10-18-20(8,9)15(4,5)6/h12-13H,1,10H2,2-9H3/t12-,13-,16+/m1/s1. The van der Waals surface area contributed by atoms with Crippen LogP contribution in [0.25, 0.3) is 0 Å². The number of rotatable bonds is 4. The molecule has 1 aliphatic heterocycles. The fourth-order valence-corrected chi connectivity index (χ4v) is 3.18. The normalized spacial score (nSPS) is 31.3. The Morgan fingerprint density at radius 3 is 2.30 bits per heavy atom. The molecule has 0 aromatic carbocycles. The van der Waals surface area contributed by atoms with E-state index in [0.29, 0.717) is 6.61 Å². The summed E-state index contributed by atoms with van der Waals surface area (Å²) in [6, 6.07) is 0. The Bertz CT molecular complexity index is 408. The highest BCUT2D eigenvalue weighted by molar-refractivity contribution is 6.74. The van der Waals surface area contributed by atoms with Crippen LogP contribution in [0, 0.1) is 11.3 Å². The zero-order valence-corrected chi connectivity index (χ0v) is 15.3. The number of hydrogen-bond donors (Lipinski definition) is 0. The average molecular weight is 298 g/mol. The van der Waals surface area contributed by atoms with Crippen LogP contribution < -0.4 is 0 Å². The molecule has 0 aromatic heterocycles. The molecule has 0 unspecified atom stereocenters. The molecular formula is C16H30O3Si. The maximum Gasteiger partial charge on any atom is 0.316 e. The number of carbonyl (C=O) groups excluding carboxylic acids is 1. The number of hydrogen-bond acceptors (Lipinski definition) is 3. The van der Waals surface area contributed by atoms with Crippen molar-refractivity contribution in [3.63, 3.8) is 0 Å². The Hall–Kier alpha value is -0.613. The van der Waals surface area contributed by atoms with Gasteiger partial charge in [0, 0.05) is 5.92 Å². The van der Waals surface area contributed by atoms with E-state index in [-0.39, 0.29) is 23.0 Å². The maximum atomic E-state index is 12.2. The van der Waals surface area contributed by atoms with Gasteiger partial charge in [0.2, 0.25) is 0 Å². The molecule has 0 saturated carbocycles. The zero-order valence-electron chi connectivity index (χ0n) is 14.3. The van der Waals surface area contributed by atoms with Crippen LogP contribution in [0.2, 0.25) is 18.1 Å². The minimum Gasteiger partial charge on any atom is -0.459 e. The quantitative estimate of drug-likeness (QED) is 0.444. The SMILES string of the molecule is C=C(C)[C@]1(C)C(=O)O[C@H](CO[Si](C)(C)C(C)(C)C)[C@H]1C. The summed E-state index contributed by atoms with van der Waals surface area (Å²) < 4.78 is 11.8. The molecule has 0 radical (unpaired) electrons. The van der Waals surface area contributed by atoms with Gasteiger partial charge in [0.15, 0.2) is 8.32 Å². The predicted molar refractivity (Wildman–Crippen MR) is 85.1 cm³/mol. The van der Waals surface area contributed by atoms with Crippen molar-refractivity contribution in [3.8, 4) is 0 Å². The maximum absolute atomic E-state index is 12.2. The van der Waals surface area contributed by atoms with Crippen LogP contribution in [-0.2, 0) is 14.0 Å². The van der Waals surface area contributed by atoms with Crippen LogP contribution in [0.15, 0.2) is 12.2 Å². The van der Waals surface area contributed by atoms with Gasteiger partial charge in [-0.3, -0.25) is 4.79 Å². The van der Waals surface area contributed by atoms with E-state index in [1.54, 1.807) is 0 Å². The molecule has 0 amide bonds. The van der Waals surface area contributed by atoms with Crippen LogP contribution in [0.1, 0.15) is 41.5 Å². The molecule has 0 bridgehead atoms. The number of ether oxygens (including phenoxy) is 1. The summed E-state index contributed by atoms with van der Waals surface area (Å²) in [6.07, 6.45) is -0.168. The lowest BCUT2D eigenvalue weighted by molar-refractivity contribution is -0.147. The molecule has 0 aromatic rings. The first-order chi connectivity index (χ1) is 8.84. The predicted octanol–water partition coefficient (Wildman–Crippen LogP) is 4.15. The molecule has 0 aliphatic carbocycles. The summed E-state index contributed by atoms with van der Waals surface area (Å²) in [5.74, 6) is -0.0707. The Kier molecular flexibility index (Phi) is 4.62. The smallest absolute Gasteiger partial charge is 0.316 e. The Morgan fingerprint density at radius 1 is 1.45 bits per heavy atom. The van der Waals surface area contributed by atoms with Gasteiger partial charge >= 0.3 is 5.97 Å². The van der Waals surface area contributed by atoms with E-state index in [9.17, 15) is 4.79 Å². The first kappa shape index (κ1) is 17.4. The second kappa shape index (κ2) is 5.30. The lowest BCUT2D eigenvalue weighted by atomic mass is 9.73. The summed E-state index contributed by atoms with van der Waals surface area (Å²) in [4.78, 5) is 12.2. The highest BCUT2D eigenvalue weighted by Crippen LogP contribution is 2.45. The van der Waals surface area contributed by atoms with Crippen molar-refractivity contribution in [1.29, 1.82) is 0 Å². The second-order valence-corrected chi connectivity index (χ2v) is 12.6.